The van der Waals surface area contributed by atoms with Crippen LogP contribution < -0.4 is 5.32 Å². The lowest BCUT2D eigenvalue weighted by Gasteiger charge is -2.23. The summed E-state index contributed by atoms with van der Waals surface area (Å²) in [6.45, 7) is 5.74. The Kier molecular flexibility index (Phi) is 2.24. The van der Waals surface area contributed by atoms with Crippen molar-refractivity contribution in [2.45, 2.75) is 50.9 Å². The molecule has 1 spiro atoms. The van der Waals surface area contributed by atoms with E-state index >= 15 is 0 Å². The summed E-state index contributed by atoms with van der Waals surface area (Å²) in [6.07, 6.45) is 5.59. The van der Waals surface area contributed by atoms with Gasteiger partial charge in [0.1, 0.15) is 0 Å². The molecule has 1 aliphatic heterocycles. The van der Waals surface area contributed by atoms with Gasteiger partial charge >= 0.3 is 0 Å². The largest absolute Gasteiger partial charge is 0.384 e. The van der Waals surface area contributed by atoms with Gasteiger partial charge in [-0.05, 0) is 36.0 Å². The molecule has 1 heteroatoms. The Bertz CT molecular complexity index is 400. The van der Waals surface area contributed by atoms with Crippen molar-refractivity contribution in [3.63, 3.8) is 0 Å². The van der Waals surface area contributed by atoms with Crippen LogP contribution in [0.1, 0.15) is 56.6 Å². The van der Waals surface area contributed by atoms with Crippen LogP contribution in [-0.4, -0.2) is 6.54 Å². The van der Waals surface area contributed by atoms with Gasteiger partial charge < -0.3 is 5.32 Å². The molecule has 1 heterocycles. The molecule has 0 atom stereocenters. The summed E-state index contributed by atoms with van der Waals surface area (Å²) in [4.78, 5) is 0. The van der Waals surface area contributed by atoms with Crippen LogP contribution in [-0.2, 0) is 5.41 Å². The monoisotopic (exact) mass is 215 g/mol. The van der Waals surface area contributed by atoms with Gasteiger partial charge in [0.25, 0.3) is 0 Å². The maximum absolute atomic E-state index is 3.60. The molecule has 0 saturated heterocycles. The highest BCUT2D eigenvalue weighted by Crippen LogP contribution is 2.48. The van der Waals surface area contributed by atoms with Crippen molar-refractivity contribution in [3.05, 3.63) is 29.3 Å². The number of hydrogen-bond acceptors (Lipinski definition) is 1. The normalized spacial score (nSPS) is 21.4. The average molecular weight is 215 g/mol. The fourth-order valence-electron chi connectivity index (χ4n) is 3.37. The molecular weight excluding hydrogens is 194 g/mol. The molecular formula is C15H21N. The van der Waals surface area contributed by atoms with Crippen LogP contribution in [0.5, 0.6) is 0 Å². The first-order chi connectivity index (χ1) is 7.71. The Morgan fingerprint density at radius 3 is 2.62 bits per heavy atom. The van der Waals surface area contributed by atoms with Crippen molar-refractivity contribution in [3.8, 4) is 0 Å². The zero-order valence-electron chi connectivity index (χ0n) is 10.3. The van der Waals surface area contributed by atoms with E-state index in [-0.39, 0.29) is 0 Å². The van der Waals surface area contributed by atoms with Crippen molar-refractivity contribution in [1.29, 1.82) is 0 Å². The van der Waals surface area contributed by atoms with Crippen molar-refractivity contribution < 1.29 is 0 Å². The molecule has 86 valence electrons. The van der Waals surface area contributed by atoms with E-state index in [0.717, 1.165) is 0 Å². The van der Waals surface area contributed by atoms with Gasteiger partial charge in [0, 0.05) is 17.6 Å². The molecule has 1 N–H and O–H groups in total. The standard InChI is InChI=1S/C15H21N/c1-11(2)12-5-6-14-13(9-12)15(10-16-14)7-3-4-8-15/h5-6,9,11,16H,3-4,7-8,10H2,1-2H3. The van der Waals surface area contributed by atoms with E-state index < -0.39 is 0 Å². The summed E-state index contributed by atoms with van der Waals surface area (Å²) in [5, 5.41) is 3.60. The molecule has 0 aromatic heterocycles. The number of anilines is 1. The first-order valence-electron chi connectivity index (χ1n) is 6.60. The fourth-order valence-corrected chi connectivity index (χ4v) is 3.37. The Hall–Kier alpha value is -0.980. The first-order valence-corrected chi connectivity index (χ1v) is 6.60. The minimum Gasteiger partial charge on any atom is -0.384 e. The van der Waals surface area contributed by atoms with Gasteiger partial charge in [0.2, 0.25) is 0 Å². The molecule has 3 rings (SSSR count). The Morgan fingerprint density at radius 1 is 1.19 bits per heavy atom. The number of nitrogens with one attached hydrogen (secondary N) is 1. The molecule has 1 aromatic carbocycles. The van der Waals surface area contributed by atoms with Gasteiger partial charge in [-0.3, -0.25) is 0 Å². The average Bonchev–Trinajstić information content (AvgIpc) is 2.88. The summed E-state index contributed by atoms with van der Waals surface area (Å²) >= 11 is 0. The van der Waals surface area contributed by atoms with E-state index in [1.807, 2.05) is 0 Å². The second kappa shape index (κ2) is 3.51. The highest BCUT2D eigenvalue weighted by molar-refractivity contribution is 5.62. The number of benzene rings is 1. The second-order valence-electron chi connectivity index (χ2n) is 5.80. The van der Waals surface area contributed by atoms with Crippen molar-refractivity contribution >= 4 is 5.69 Å². The van der Waals surface area contributed by atoms with Crippen LogP contribution >= 0.6 is 0 Å². The van der Waals surface area contributed by atoms with E-state index in [4.69, 9.17) is 0 Å². The zero-order chi connectivity index (χ0) is 11.2. The molecule has 2 aliphatic rings. The van der Waals surface area contributed by atoms with Crippen molar-refractivity contribution in [1.82, 2.24) is 0 Å². The smallest absolute Gasteiger partial charge is 0.0379 e. The summed E-state index contributed by atoms with van der Waals surface area (Å²) < 4.78 is 0. The zero-order valence-corrected chi connectivity index (χ0v) is 10.3. The van der Waals surface area contributed by atoms with Gasteiger partial charge in [-0.1, -0.05) is 38.8 Å². The van der Waals surface area contributed by atoms with E-state index in [1.165, 1.54) is 43.5 Å². The lowest BCUT2D eigenvalue weighted by atomic mass is 9.79. The summed E-state index contributed by atoms with van der Waals surface area (Å²) in [5.74, 6) is 0.643. The number of rotatable bonds is 1. The summed E-state index contributed by atoms with van der Waals surface area (Å²) in [5.41, 5.74) is 4.98. The molecule has 0 bridgehead atoms. The molecule has 0 radical (unpaired) electrons. The quantitative estimate of drug-likeness (QED) is 0.745. The summed E-state index contributed by atoms with van der Waals surface area (Å²) in [7, 11) is 0. The van der Waals surface area contributed by atoms with Gasteiger partial charge in [-0.25, -0.2) is 0 Å². The minimum atomic E-state index is 0.486. The van der Waals surface area contributed by atoms with Crippen LogP contribution in [0.15, 0.2) is 18.2 Å². The molecule has 1 saturated carbocycles. The second-order valence-corrected chi connectivity index (χ2v) is 5.80. The predicted molar refractivity (Wildman–Crippen MR) is 69.2 cm³/mol. The van der Waals surface area contributed by atoms with Gasteiger partial charge in [-0.2, -0.15) is 0 Å². The van der Waals surface area contributed by atoms with Crippen LogP contribution in [0.3, 0.4) is 0 Å². The Balaban J connectivity index is 2.06. The molecule has 16 heavy (non-hydrogen) atoms. The van der Waals surface area contributed by atoms with E-state index in [9.17, 15) is 0 Å². The molecule has 1 fully saturated rings. The number of hydrogen-bond donors (Lipinski definition) is 1. The van der Waals surface area contributed by atoms with Crippen LogP contribution in [0.2, 0.25) is 0 Å². The minimum absolute atomic E-state index is 0.486. The van der Waals surface area contributed by atoms with E-state index in [1.54, 1.807) is 5.56 Å². The Morgan fingerprint density at radius 2 is 1.94 bits per heavy atom. The summed E-state index contributed by atoms with van der Waals surface area (Å²) in [6, 6.07) is 7.04. The SMILES string of the molecule is CC(C)c1ccc2c(c1)C1(CCCC1)CN2. The maximum atomic E-state index is 3.60. The van der Waals surface area contributed by atoms with Gasteiger partial charge in [0.05, 0.1) is 0 Å². The van der Waals surface area contributed by atoms with E-state index in [2.05, 4.69) is 37.4 Å². The fraction of sp³-hybridized carbons (Fsp3) is 0.600. The Labute approximate surface area is 98.3 Å². The van der Waals surface area contributed by atoms with Crippen molar-refractivity contribution in [2.75, 3.05) is 11.9 Å². The lowest BCUT2D eigenvalue weighted by molar-refractivity contribution is 0.488. The molecule has 0 amide bonds. The van der Waals surface area contributed by atoms with Crippen LogP contribution in [0.25, 0.3) is 0 Å². The van der Waals surface area contributed by atoms with Crippen LogP contribution in [0, 0.1) is 0 Å². The highest BCUT2D eigenvalue weighted by atomic mass is 14.9. The topological polar surface area (TPSA) is 12.0 Å². The maximum Gasteiger partial charge on any atom is 0.0379 e. The molecule has 1 aliphatic carbocycles. The van der Waals surface area contributed by atoms with Crippen LogP contribution in [0.4, 0.5) is 5.69 Å². The molecule has 1 nitrogen and oxygen atoms in total. The number of fused-ring (bicyclic) bond motifs is 2. The van der Waals surface area contributed by atoms with Gasteiger partial charge in [-0.15, -0.1) is 0 Å². The van der Waals surface area contributed by atoms with E-state index in [0.29, 0.717) is 11.3 Å². The molecule has 1 aromatic rings. The third-order valence-corrected chi connectivity index (χ3v) is 4.46. The van der Waals surface area contributed by atoms with Crippen molar-refractivity contribution in [2.24, 2.45) is 0 Å². The molecule has 0 unspecified atom stereocenters. The third kappa shape index (κ3) is 1.37. The highest BCUT2D eigenvalue weighted by Gasteiger charge is 2.41. The predicted octanol–water partition coefficient (Wildman–Crippen LogP) is 4.05. The first kappa shape index (κ1) is 10.2. The lowest BCUT2D eigenvalue weighted by Crippen LogP contribution is -2.24. The van der Waals surface area contributed by atoms with Gasteiger partial charge in [0.15, 0.2) is 0 Å². The third-order valence-electron chi connectivity index (χ3n) is 4.46.